The quantitative estimate of drug-likeness (QED) is 0.891. The van der Waals surface area contributed by atoms with Crippen molar-refractivity contribution in [2.24, 2.45) is 5.73 Å². The number of hydrogen-bond acceptors (Lipinski definition) is 2. The van der Waals surface area contributed by atoms with Crippen LogP contribution in [0.1, 0.15) is 39.1 Å². The summed E-state index contributed by atoms with van der Waals surface area (Å²) in [5.41, 5.74) is 4.36. The van der Waals surface area contributed by atoms with E-state index in [-0.39, 0.29) is 12.2 Å². The van der Waals surface area contributed by atoms with Gasteiger partial charge in [0.1, 0.15) is 0 Å². The van der Waals surface area contributed by atoms with Gasteiger partial charge in [0.05, 0.1) is 23.8 Å². The molecular formula is C17H13ClF3NO2. The molecule has 126 valence electrons. The topological polar surface area (TPSA) is 52.3 Å². The predicted octanol–water partition coefficient (Wildman–Crippen LogP) is 4.31. The zero-order valence-electron chi connectivity index (χ0n) is 12.3. The van der Waals surface area contributed by atoms with Gasteiger partial charge in [0, 0.05) is 10.9 Å². The highest BCUT2D eigenvalue weighted by Crippen LogP contribution is 2.47. The Kier molecular flexibility index (Phi) is 4.27. The van der Waals surface area contributed by atoms with Gasteiger partial charge < -0.3 is 10.5 Å². The van der Waals surface area contributed by atoms with E-state index in [2.05, 4.69) is 0 Å². The molecule has 0 aromatic heterocycles. The second-order valence-electron chi connectivity index (χ2n) is 5.54. The minimum absolute atomic E-state index is 0.0185. The maximum atomic E-state index is 13.5. The molecule has 0 aliphatic carbocycles. The molecule has 3 nitrogen and oxygen atoms in total. The Morgan fingerprint density at radius 3 is 2.33 bits per heavy atom. The van der Waals surface area contributed by atoms with E-state index < -0.39 is 35.2 Å². The van der Waals surface area contributed by atoms with E-state index in [1.165, 1.54) is 12.1 Å². The van der Waals surface area contributed by atoms with Gasteiger partial charge in [-0.1, -0.05) is 35.9 Å². The highest BCUT2D eigenvalue weighted by atomic mass is 35.5. The Labute approximate surface area is 141 Å². The van der Waals surface area contributed by atoms with Crippen molar-refractivity contribution in [3.8, 4) is 0 Å². The molecule has 3 rings (SSSR count). The number of halogens is 4. The van der Waals surface area contributed by atoms with Crippen molar-refractivity contribution in [1.29, 1.82) is 0 Å². The molecule has 2 aromatic rings. The van der Waals surface area contributed by atoms with E-state index in [0.29, 0.717) is 5.02 Å². The molecule has 24 heavy (non-hydrogen) atoms. The summed E-state index contributed by atoms with van der Waals surface area (Å²) in [5.74, 6) is -1.62. The normalized spacial score (nSPS) is 20.5. The summed E-state index contributed by atoms with van der Waals surface area (Å²) >= 11 is 5.83. The van der Waals surface area contributed by atoms with Gasteiger partial charge in [-0.25, -0.2) is 0 Å². The minimum atomic E-state index is -4.68. The summed E-state index contributed by atoms with van der Waals surface area (Å²) < 4.78 is 46.0. The number of ether oxygens (including phenoxy) is 1. The first-order valence-corrected chi connectivity index (χ1v) is 7.54. The number of alkyl halides is 3. The van der Waals surface area contributed by atoms with Crippen LogP contribution in [0.5, 0.6) is 0 Å². The van der Waals surface area contributed by atoms with Crippen molar-refractivity contribution in [2.45, 2.75) is 18.2 Å². The van der Waals surface area contributed by atoms with Crippen molar-refractivity contribution < 1.29 is 22.7 Å². The Morgan fingerprint density at radius 2 is 1.83 bits per heavy atom. The van der Waals surface area contributed by atoms with Crippen LogP contribution in [0, 0.1) is 0 Å². The van der Waals surface area contributed by atoms with Crippen molar-refractivity contribution in [2.75, 3.05) is 6.61 Å². The van der Waals surface area contributed by atoms with Gasteiger partial charge in [-0.3, -0.25) is 4.79 Å². The van der Waals surface area contributed by atoms with E-state index in [1.807, 2.05) is 0 Å². The molecule has 0 bridgehead atoms. The molecular weight excluding hydrogens is 343 g/mol. The fourth-order valence-electron chi connectivity index (χ4n) is 2.92. The number of nitrogens with two attached hydrogens (primary N) is 1. The number of benzene rings is 2. The van der Waals surface area contributed by atoms with Crippen LogP contribution in [0.4, 0.5) is 13.2 Å². The smallest absolute Gasteiger partial charge is 0.372 e. The lowest BCUT2D eigenvalue weighted by atomic mass is 9.81. The van der Waals surface area contributed by atoms with Crippen molar-refractivity contribution in [3.63, 3.8) is 0 Å². The molecule has 1 heterocycles. The summed E-state index contributed by atoms with van der Waals surface area (Å²) in [6.07, 6.45) is -5.20. The number of rotatable bonds is 3. The van der Waals surface area contributed by atoms with Crippen molar-refractivity contribution in [3.05, 3.63) is 69.7 Å². The summed E-state index contributed by atoms with van der Waals surface area (Å²) in [4.78, 5) is 11.4. The second-order valence-corrected chi connectivity index (χ2v) is 5.98. The molecule has 2 N–H and O–H groups in total. The highest BCUT2D eigenvalue weighted by molar-refractivity contribution is 6.30. The average molecular weight is 356 g/mol. The monoisotopic (exact) mass is 355 g/mol. The Balaban J connectivity index is 2.05. The zero-order chi connectivity index (χ0) is 17.5. The summed E-state index contributed by atoms with van der Waals surface area (Å²) in [7, 11) is 0. The molecule has 0 unspecified atom stereocenters. The largest absolute Gasteiger partial charge is 0.417 e. The summed E-state index contributed by atoms with van der Waals surface area (Å²) in [6.45, 7) is 0.137. The molecule has 1 fully saturated rings. The fourth-order valence-corrected chi connectivity index (χ4v) is 3.05. The lowest BCUT2D eigenvalue weighted by Gasteiger charge is -2.39. The number of carbonyl (C=O) groups excluding carboxylic acids is 1. The van der Waals surface area contributed by atoms with Crippen molar-refractivity contribution in [1.82, 2.24) is 0 Å². The first-order valence-electron chi connectivity index (χ1n) is 7.16. The maximum absolute atomic E-state index is 13.5. The van der Waals surface area contributed by atoms with E-state index in [0.717, 1.165) is 11.6 Å². The van der Waals surface area contributed by atoms with Gasteiger partial charge >= 0.3 is 6.18 Å². The molecule has 2 atom stereocenters. The minimum Gasteiger partial charge on any atom is -0.372 e. The van der Waals surface area contributed by atoms with Gasteiger partial charge in [-0.05, 0) is 29.3 Å². The third-order valence-corrected chi connectivity index (χ3v) is 4.32. The average Bonchev–Trinajstić information content (AvgIpc) is 2.47. The van der Waals surface area contributed by atoms with Crippen LogP contribution >= 0.6 is 11.6 Å². The first-order chi connectivity index (χ1) is 11.3. The van der Waals surface area contributed by atoms with Crippen molar-refractivity contribution >= 4 is 17.5 Å². The number of hydrogen-bond donors (Lipinski definition) is 1. The van der Waals surface area contributed by atoms with E-state index in [9.17, 15) is 18.0 Å². The highest BCUT2D eigenvalue weighted by Gasteiger charge is 2.44. The van der Waals surface area contributed by atoms with Gasteiger partial charge in [0.25, 0.3) is 0 Å². The summed E-state index contributed by atoms with van der Waals surface area (Å²) in [5, 5.41) is 0.529. The molecule has 1 aliphatic heterocycles. The van der Waals surface area contributed by atoms with Crippen LogP contribution in [0.15, 0.2) is 42.5 Å². The Hall–Kier alpha value is -2.05. The molecule has 0 spiro atoms. The molecule has 7 heteroatoms. The first kappa shape index (κ1) is 16.8. The van der Waals surface area contributed by atoms with Crippen LogP contribution in [0.3, 0.4) is 0 Å². The van der Waals surface area contributed by atoms with E-state index in [1.54, 1.807) is 24.3 Å². The van der Waals surface area contributed by atoms with Gasteiger partial charge in [-0.15, -0.1) is 0 Å². The van der Waals surface area contributed by atoms with Crippen LogP contribution < -0.4 is 5.73 Å². The number of carbonyl (C=O) groups is 1. The SMILES string of the molecule is NC(=O)c1cccc([C@H]2CO[C@H]2c2ccc(Cl)cc2)c1C(F)(F)F. The lowest BCUT2D eigenvalue weighted by Crippen LogP contribution is -2.33. The molecule has 1 saturated heterocycles. The molecule has 0 saturated carbocycles. The Morgan fingerprint density at radius 1 is 1.17 bits per heavy atom. The lowest BCUT2D eigenvalue weighted by molar-refractivity contribution is -0.141. The van der Waals surface area contributed by atoms with Crippen LogP contribution in [-0.2, 0) is 10.9 Å². The third kappa shape index (κ3) is 2.99. The third-order valence-electron chi connectivity index (χ3n) is 4.06. The zero-order valence-corrected chi connectivity index (χ0v) is 13.1. The molecule has 1 aliphatic rings. The maximum Gasteiger partial charge on any atom is 0.417 e. The molecule has 2 aromatic carbocycles. The summed E-state index contributed by atoms with van der Waals surface area (Å²) in [6, 6.07) is 10.6. The fraction of sp³-hybridized carbons (Fsp3) is 0.235. The van der Waals surface area contributed by atoms with Crippen LogP contribution in [0.2, 0.25) is 5.02 Å². The second kappa shape index (κ2) is 6.11. The van der Waals surface area contributed by atoms with Gasteiger partial charge in [-0.2, -0.15) is 13.2 Å². The Bertz CT molecular complexity index is 774. The van der Waals surface area contributed by atoms with Crippen LogP contribution in [0.25, 0.3) is 0 Å². The molecule has 1 amide bonds. The number of amides is 1. The number of primary amides is 1. The van der Waals surface area contributed by atoms with E-state index in [4.69, 9.17) is 22.1 Å². The predicted molar refractivity (Wildman–Crippen MR) is 82.8 cm³/mol. The van der Waals surface area contributed by atoms with Gasteiger partial charge in [0.2, 0.25) is 5.91 Å². The van der Waals surface area contributed by atoms with Crippen LogP contribution in [-0.4, -0.2) is 12.5 Å². The van der Waals surface area contributed by atoms with E-state index >= 15 is 0 Å². The van der Waals surface area contributed by atoms with Gasteiger partial charge in [0.15, 0.2) is 0 Å². The standard InChI is InChI=1S/C17H13ClF3NO2/c18-10-6-4-9(5-7-10)15-13(8-24-15)11-2-1-3-12(16(22)23)14(11)17(19,20)21/h1-7,13,15H,8H2,(H2,22,23)/t13-,15+/m1/s1. The molecule has 0 radical (unpaired) electrons.